The van der Waals surface area contributed by atoms with Crippen LogP contribution in [0.4, 0.5) is 0 Å². The van der Waals surface area contributed by atoms with E-state index >= 15 is 0 Å². The molecule has 0 fully saturated rings. The van der Waals surface area contributed by atoms with Gasteiger partial charge >= 0.3 is 0 Å². The molecule has 0 radical (unpaired) electrons. The van der Waals surface area contributed by atoms with Crippen LogP contribution in [0.5, 0.6) is 5.75 Å². The zero-order valence-electron chi connectivity index (χ0n) is 17.0. The first-order valence-corrected chi connectivity index (χ1v) is 9.88. The predicted octanol–water partition coefficient (Wildman–Crippen LogP) is 2.24. The largest absolute Gasteiger partial charge is 0.484 e. The Kier molecular flexibility index (Phi) is 5.73. The highest BCUT2D eigenvalue weighted by molar-refractivity contribution is 5.99. The molecule has 8 heteroatoms. The molecule has 1 atom stereocenters. The number of primary amides is 1. The van der Waals surface area contributed by atoms with Crippen molar-refractivity contribution in [3.05, 3.63) is 75.6 Å². The van der Waals surface area contributed by atoms with Gasteiger partial charge in [0.05, 0.1) is 17.0 Å². The number of amides is 2. The van der Waals surface area contributed by atoms with E-state index < -0.39 is 11.9 Å². The number of hydrogen-bond donors (Lipinski definition) is 1. The van der Waals surface area contributed by atoms with Crippen LogP contribution in [-0.2, 0) is 9.53 Å². The van der Waals surface area contributed by atoms with Crippen LogP contribution in [0.25, 0.3) is 11.0 Å². The number of hydrogen-bond acceptors (Lipinski definition) is 6. The van der Waals surface area contributed by atoms with Crippen molar-refractivity contribution in [2.24, 2.45) is 5.73 Å². The number of para-hydroxylation sites is 1. The van der Waals surface area contributed by atoms with Crippen LogP contribution in [0, 0.1) is 0 Å². The third-order valence-electron chi connectivity index (χ3n) is 5.20. The van der Waals surface area contributed by atoms with Gasteiger partial charge in [-0.1, -0.05) is 24.3 Å². The van der Waals surface area contributed by atoms with Crippen LogP contribution >= 0.6 is 0 Å². The second-order valence-corrected chi connectivity index (χ2v) is 7.24. The molecule has 2 N–H and O–H groups in total. The molecule has 0 saturated carbocycles. The Morgan fingerprint density at radius 3 is 2.58 bits per heavy atom. The molecule has 160 valence electrons. The van der Waals surface area contributed by atoms with Crippen LogP contribution in [0.15, 0.2) is 57.7 Å². The fourth-order valence-corrected chi connectivity index (χ4v) is 3.82. The van der Waals surface area contributed by atoms with Gasteiger partial charge in [-0.2, -0.15) is 0 Å². The van der Waals surface area contributed by atoms with Crippen molar-refractivity contribution in [1.82, 2.24) is 4.90 Å². The molecule has 0 aliphatic carbocycles. The van der Waals surface area contributed by atoms with Crippen molar-refractivity contribution in [1.29, 1.82) is 0 Å². The first-order chi connectivity index (χ1) is 15.0. The molecular formula is C23H22N2O6. The topological polar surface area (TPSA) is 112 Å². The number of methoxy groups -OCH3 is 1. The van der Waals surface area contributed by atoms with E-state index in [4.69, 9.17) is 19.6 Å². The normalized spacial score (nSPS) is 15.3. The second kappa shape index (κ2) is 8.61. The van der Waals surface area contributed by atoms with Gasteiger partial charge in [-0.25, -0.2) is 0 Å². The summed E-state index contributed by atoms with van der Waals surface area (Å²) in [6.07, 6.45) is 0.611. The fraction of sp³-hybridized carbons (Fsp3) is 0.261. The summed E-state index contributed by atoms with van der Waals surface area (Å²) in [7, 11) is 1.60. The monoisotopic (exact) mass is 422 g/mol. The summed E-state index contributed by atoms with van der Waals surface area (Å²) in [5, 5.41) is 0.430. The third-order valence-corrected chi connectivity index (χ3v) is 5.20. The molecule has 2 amide bonds. The maximum Gasteiger partial charge on any atom is 0.290 e. The van der Waals surface area contributed by atoms with Gasteiger partial charge < -0.3 is 24.5 Å². The van der Waals surface area contributed by atoms with Crippen LogP contribution in [-0.4, -0.2) is 43.6 Å². The number of rotatable bonds is 8. The number of carbonyl (C=O) groups is 2. The summed E-state index contributed by atoms with van der Waals surface area (Å²) in [4.78, 5) is 39.1. The highest BCUT2D eigenvalue weighted by Crippen LogP contribution is 2.38. The second-order valence-electron chi connectivity index (χ2n) is 7.24. The fourth-order valence-electron chi connectivity index (χ4n) is 3.82. The van der Waals surface area contributed by atoms with Crippen LogP contribution in [0.1, 0.15) is 34.1 Å². The average Bonchev–Trinajstić information content (AvgIpc) is 3.05. The third kappa shape index (κ3) is 3.89. The lowest BCUT2D eigenvalue weighted by Crippen LogP contribution is -2.31. The van der Waals surface area contributed by atoms with E-state index in [9.17, 15) is 14.4 Å². The molecule has 2 aromatic carbocycles. The molecular weight excluding hydrogens is 400 g/mol. The van der Waals surface area contributed by atoms with Gasteiger partial charge in [0.15, 0.2) is 12.0 Å². The molecule has 2 heterocycles. The van der Waals surface area contributed by atoms with E-state index in [2.05, 4.69) is 0 Å². The zero-order valence-corrected chi connectivity index (χ0v) is 17.0. The maximum atomic E-state index is 13.3. The van der Waals surface area contributed by atoms with E-state index in [-0.39, 0.29) is 23.7 Å². The van der Waals surface area contributed by atoms with Crippen LogP contribution in [0.2, 0.25) is 0 Å². The summed E-state index contributed by atoms with van der Waals surface area (Å²) in [5.41, 5.74) is 6.33. The molecule has 4 rings (SSSR count). The Labute approximate surface area is 178 Å². The lowest BCUT2D eigenvalue weighted by Gasteiger charge is -2.25. The van der Waals surface area contributed by atoms with Crippen molar-refractivity contribution in [2.45, 2.75) is 12.5 Å². The Bertz CT molecular complexity index is 1180. The Morgan fingerprint density at radius 1 is 1.13 bits per heavy atom. The molecule has 0 unspecified atom stereocenters. The van der Waals surface area contributed by atoms with Gasteiger partial charge in [-0.3, -0.25) is 14.4 Å². The molecule has 0 saturated heterocycles. The van der Waals surface area contributed by atoms with Gasteiger partial charge in [0.2, 0.25) is 5.76 Å². The Balaban J connectivity index is 1.78. The molecule has 1 aliphatic heterocycles. The minimum Gasteiger partial charge on any atom is -0.484 e. The van der Waals surface area contributed by atoms with Crippen LogP contribution < -0.4 is 15.9 Å². The number of ether oxygens (including phenoxy) is 2. The predicted molar refractivity (Wildman–Crippen MR) is 113 cm³/mol. The van der Waals surface area contributed by atoms with Gasteiger partial charge in [-0.05, 0) is 36.2 Å². The lowest BCUT2D eigenvalue weighted by atomic mass is 9.98. The number of nitrogens with zero attached hydrogens (tertiary/aromatic N) is 1. The molecule has 0 bridgehead atoms. The van der Waals surface area contributed by atoms with Crippen molar-refractivity contribution >= 4 is 22.8 Å². The summed E-state index contributed by atoms with van der Waals surface area (Å²) < 4.78 is 16.3. The smallest absolute Gasteiger partial charge is 0.290 e. The number of carbonyl (C=O) groups excluding carboxylic acids is 2. The van der Waals surface area contributed by atoms with Gasteiger partial charge in [-0.15, -0.1) is 0 Å². The molecule has 31 heavy (non-hydrogen) atoms. The van der Waals surface area contributed by atoms with E-state index in [1.165, 1.54) is 0 Å². The van der Waals surface area contributed by atoms with E-state index in [1.54, 1.807) is 60.5 Å². The highest BCUT2D eigenvalue weighted by atomic mass is 16.5. The summed E-state index contributed by atoms with van der Waals surface area (Å²) in [6, 6.07) is 13.2. The SMILES string of the molecule is COCCCN1C(=O)c2oc3ccccc3c(=O)c2[C@@H]1c1ccc(OCC(N)=O)cc1. The number of nitrogens with two attached hydrogens (primary N) is 1. The van der Waals surface area contributed by atoms with E-state index in [0.717, 1.165) is 5.56 Å². The van der Waals surface area contributed by atoms with Crippen molar-refractivity contribution in [2.75, 3.05) is 26.9 Å². The maximum absolute atomic E-state index is 13.3. The lowest BCUT2D eigenvalue weighted by molar-refractivity contribution is -0.119. The Morgan fingerprint density at radius 2 is 1.87 bits per heavy atom. The molecule has 0 spiro atoms. The highest BCUT2D eigenvalue weighted by Gasteiger charge is 2.42. The number of benzene rings is 2. The average molecular weight is 422 g/mol. The Hall–Kier alpha value is -3.65. The minimum absolute atomic E-state index is 0.0696. The van der Waals surface area contributed by atoms with Gasteiger partial charge in [0, 0.05) is 20.3 Å². The summed E-state index contributed by atoms with van der Waals surface area (Å²) >= 11 is 0. The first kappa shape index (κ1) is 20.6. The quantitative estimate of drug-likeness (QED) is 0.557. The van der Waals surface area contributed by atoms with E-state index in [0.29, 0.717) is 41.9 Å². The van der Waals surface area contributed by atoms with Gasteiger partial charge in [0.25, 0.3) is 11.8 Å². The van der Waals surface area contributed by atoms with Crippen molar-refractivity contribution < 1.29 is 23.5 Å². The zero-order chi connectivity index (χ0) is 22.0. The minimum atomic E-state index is -0.592. The summed E-state index contributed by atoms with van der Waals surface area (Å²) in [5.74, 6) is -0.370. The van der Waals surface area contributed by atoms with Crippen molar-refractivity contribution in [3.63, 3.8) is 0 Å². The number of fused-ring (bicyclic) bond motifs is 2. The molecule has 1 aromatic heterocycles. The van der Waals surface area contributed by atoms with Crippen molar-refractivity contribution in [3.8, 4) is 5.75 Å². The van der Waals surface area contributed by atoms with E-state index in [1.807, 2.05) is 0 Å². The molecule has 3 aromatic rings. The van der Waals surface area contributed by atoms with Gasteiger partial charge in [0.1, 0.15) is 11.3 Å². The van der Waals surface area contributed by atoms with Crippen LogP contribution in [0.3, 0.4) is 0 Å². The molecule has 8 nitrogen and oxygen atoms in total. The first-order valence-electron chi connectivity index (χ1n) is 9.88. The summed E-state index contributed by atoms with van der Waals surface area (Å²) in [6.45, 7) is 0.649. The molecule has 1 aliphatic rings. The standard InChI is InChI=1S/C23H22N2O6/c1-29-12-4-11-25-20(14-7-9-15(10-8-14)30-13-18(24)26)19-21(27)16-5-2-3-6-17(16)31-22(19)23(25)28/h2-3,5-10,20H,4,11-13H2,1H3,(H2,24,26)/t20-/m0/s1.